The summed E-state index contributed by atoms with van der Waals surface area (Å²) in [6.07, 6.45) is 3.08. The summed E-state index contributed by atoms with van der Waals surface area (Å²) in [5.74, 6) is -0.197. The Labute approximate surface area is 192 Å². The molecule has 7 nitrogen and oxygen atoms in total. The predicted octanol–water partition coefficient (Wildman–Crippen LogP) is 5.21. The molecule has 3 rings (SSSR count). The third-order valence-corrected chi connectivity index (χ3v) is 6.37. The number of aromatic nitrogens is 1. The average Bonchev–Trinajstić information content (AvgIpc) is 3.19. The smallest absolute Gasteiger partial charge is 0.270 e. The van der Waals surface area contributed by atoms with Gasteiger partial charge in [-0.2, -0.15) is 0 Å². The van der Waals surface area contributed by atoms with E-state index in [2.05, 4.69) is 37.8 Å². The van der Waals surface area contributed by atoms with Gasteiger partial charge in [-0.15, -0.1) is 0 Å². The molecular weight excluding hydrogens is 424 g/mol. The lowest BCUT2D eigenvalue weighted by atomic mass is 10.1. The van der Waals surface area contributed by atoms with E-state index >= 15 is 0 Å². The molecule has 0 aliphatic carbocycles. The van der Waals surface area contributed by atoms with Gasteiger partial charge in [0.15, 0.2) is 5.13 Å². The second-order valence-electron chi connectivity index (χ2n) is 7.63. The monoisotopic (exact) mass is 452 g/mol. The number of likely N-dealkylation sites (N-methyl/N-ethyl adjacent to an activating group) is 1. The van der Waals surface area contributed by atoms with E-state index in [1.807, 2.05) is 6.92 Å². The van der Waals surface area contributed by atoms with Crippen molar-refractivity contribution in [3.8, 4) is 0 Å². The number of thiazole rings is 1. The maximum atomic E-state index is 13.2. The van der Waals surface area contributed by atoms with Gasteiger partial charge in [0.25, 0.3) is 11.6 Å². The number of fused-ring (bicyclic) bond motifs is 1. The highest BCUT2D eigenvalue weighted by molar-refractivity contribution is 7.22. The molecule has 2 aromatic carbocycles. The number of amides is 1. The zero-order chi connectivity index (χ0) is 23.3. The number of anilines is 1. The summed E-state index contributed by atoms with van der Waals surface area (Å²) in [6.45, 7) is 11.3. The summed E-state index contributed by atoms with van der Waals surface area (Å²) in [7, 11) is 0. The Morgan fingerprint density at radius 1 is 1.16 bits per heavy atom. The van der Waals surface area contributed by atoms with E-state index in [0.29, 0.717) is 17.2 Å². The first-order valence-electron chi connectivity index (χ1n) is 10.7. The molecule has 0 bridgehead atoms. The Bertz CT molecular complexity index is 1150. The molecule has 0 N–H and O–H groups in total. The normalized spacial score (nSPS) is 11.5. The van der Waals surface area contributed by atoms with E-state index in [-0.39, 0.29) is 11.6 Å². The van der Waals surface area contributed by atoms with Crippen LogP contribution in [-0.4, -0.2) is 46.9 Å². The third-order valence-electron chi connectivity index (χ3n) is 5.35. The van der Waals surface area contributed by atoms with Crippen molar-refractivity contribution in [3.63, 3.8) is 0 Å². The number of aryl methyl sites for hydroxylation is 2. The van der Waals surface area contributed by atoms with Crippen LogP contribution >= 0.6 is 11.3 Å². The maximum absolute atomic E-state index is 13.2. The fourth-order valence-corrected chi connectivity index (χ4v) is 4.73. The molecule has 0 spiro atoms. The Hall–Kier alpha value is -3.10. The standard InChI is InChI=1S/C24H28N4O3S/c1-5-26(6-2)12-13-27(24-25-23-18(4)14-17(3)15-21(23)32-24)22(29)11-10-19-8-7-9-20(16-19)28(30)31/h7-11,14-16H,5-6,12-13H2,1-4H3/b11-10+. The quantitative estimate of drug-likeness (QED) is 0.253. The molecule has 1 aromatic heterocycles. The van der Waals surface area contributed by atoms with Gasteiger partial charge in [0.2, 0.25) is 0 Å². The fourth-order valence-electron chi connectivity index (χ4n) is 3.56. The number of benzene rings is 2. The van der Waals surface area contributed by atoms with Crippen LogP contribution in [0.4, 0.5) is 10.8 Å². The van der Waals surface area contributed by atoms with Crippen molar-refractivity contribution >= 4 is 44.4 Å². The van der Waals surface area contributed by atoms with Gasteiger partial charge in [-0.25, -0.2) is 4.98 Å². The molecule has 0 radical (unpaired) electrons. The lowest BCUT2D eigenvalue weighted by Crippen LogP contribution is -2.38. The minimum Gasteiger partial charge on any atom is -0.302 e. The number of nitro groups is 1. The molecule has 3 aromatic rings. The fraction of sp³-hybridized carbons (Fsp3) is 0.333. The molecule has 0 aliphatic heterocycles. The summed E-state index contributed by atoms with van der Waals surface area (Å²) >= 11 is 1.51. The number of rotatable bonds is 9. The molecule has 0 atom stereocenters. The van der Waals surface area contributed by atoms with E-state index in [9.17, 15) is 14.9 Å². The molecule has 0 saturated carbocycles. The second kappa shape index (κ2) is 10.5. The first-order valence-corrected chi connectivity index (χ1v) is 11.5. The molecule has 168 valence electrons. The second-order valence-corrected chi connectivity index (χ2v) is 8.64. The number of hydrogen-bond acceptors (Lipinski definition) is 6. The van der Waals surface area contributed by atoms with Crippen LogP contribution in [0.5, 0.6) is 0 Å². The molecule has 0 unspecified atom stereocenters. The van der Waals surface area contributed by atoms with Crippen molar-refractivity contribution in [1.29, 1.82) is 0 Å². The molecule has 8 heteroatoms. The van der Waals surface area contributed by atoms with Crippen LogP contribution in [0.1, 0.15) is 30.5 Å². The van der Waals surface area contributed by atoms with Crippen molar-refractivity contribution in [1.82, 2.24) is 9.88 Å². The zero-order valence-electron chi connectivity index (χ0n) is 18.9. The SMILES string of the molecule is CCN(CC)CCN(C(=O)/C=C/c1cccc([N+](=O)[O-])c1)c1nc2c(C)cc(C)cc2s1. The minimum atomic E-state index is -0.443. The summed E-state index contributed by atoms with van der Waals surface area (Å²) in [5.41, 5.74) is 3.77. The highest BCUT2D eigenvalue weighted by Gasteiger charge is 2.19. The average molecular weight is 453 g/mol. The van der Waals surface area contributed by atoms with E-state index < -0.39 is 4.92 Å². The summed E-state index contributed by atoms with van der Waals surface area (Å²) < 4.78 is 1.06. The summed E-state index contributed by atoms with van der Waals surface area (Å²) in [5, 5.41) is 11.7. The maximum Gasteiger partial charge on any atom is 0.270 e. The number of hydrogen-bond donors (Lipinski definition) is 0. The van der Waals surface area contributed by atoms with E-state index in [1.54, 1.807) is 23.1 Å². The van der Waals surface area contributed by atoms with Gasteiger partial charge in [-0.05, 0) is 55.8 Å². The third kappa shape index (κ3) is 5.57. The Balaban J connectivity index is 1.91. The first-order chi connectivity index (χ1) is 15.3. The van der Waals surface area contributed by atoms with Gasteiger partial charge in [0, 0.05) is 31.3 Å². The Morgan fingerprint density at radius 3 is 2.59 bits per heavy atom. The highest BCUT2D eigenvalue weighted by atomic mass is 32.1. The van der Waals surface area contributed by atoms with Gasteiger partial charge in [0.1, 0.15) is 0 Å². The molecule has 0 fully saturated rings. The van der Waals surface area contributed by atoms with Crippen LogP contribution < -0.4 is 4.90 Å². The van der Waals surface area contributed by atoms with E-state index in [0.717, 1.165) is 41.0 Å². The van der Waals surface area contributed by atoms with Gasteiger partial charge < -0.3 is 4.90 Å². The van der Waals surface area contributed by atoms with Crippen LogP contribution in [0.15, 0.2) is 42.5 Å². The van der Waals surface area contributed by atoms with Gasteiger partial charge in [-0.3, -0.25) is 19.8 Å². The van der Waals surface area contributed by atoms with Crippen LogP contribution in [0.2, 0.25) is 0 Å². The molecule has 32 heavy (non-hydrogen) atoms. The molecule has 1 amide bonds. The molecule has 0 aliphatic rings. The van der Waals surface area contributed by atoms with Gasteiger partial charge in [-0.1, -0.05) is 43.4 Å². The highest BCUT2D eigenvalue weighted by Crippen LogP contribution is 2.32. The minimum absolute atomic E-state index is 0.00462. The van der Waals surface area contributed by atoms with E-state index in [1.165, 1.54) is 29.5 Å². The topological polar surface area (TPSA) is 79.6 Å². The van der Waals surface area contributed by atoms with Crippen molar-refractivity contribution in [2.75, 3.05) is 31.1 Å². The molecular formula is C24H28N4O3S. The lowest BCUT2D eigenvalue weighted by molar-refractivity contribution is -0.384. The molecule has 0 saturated heterocycles. The van der Waals surface area contributed by atoms with Crippen molar-refractivity contribution in [2.24, 2.45) is 0 Å². The van der Waals surface area contributed by atoms with Crippen molar-refractivity contribution in [2.45, 2.75) is 27.7 Å². The van der Waals surface area contributed by atoms with Crippen LogP contribution in [-0.2, 0) is 4.79 Å². The number of carbonyl (C=O) groups is 1. The number of non-ortho nitro benzene ring substituents is 1. The van der Waals surface area contributed by atoms with Crippen molar-refractivity contribution in [3.05, 3.63) is 69.3 Å². The summed E-state index contributed by atoms with van der Waals surface area (Å²) in [6, 6.07) is 10.4. The largest absolute Gasteiger partial charge is 0.302 e. The Kier molecular flexibility index (Phi) is 7.71. The van der Waals surface area contributed by atoms with Gasteiger partial charge in [0.05, 0.1) is 15.1 Å². The van der Waals surface area contributed by atoms with Crippen molar-refractivity contribution < 1.29 is 9.72 Å². The number of nitrogens with zero attached hydrogens (tertiary/aromatic N) is 4. The van der Waals surface area contributed by atoms with Crippen LogP contribution in [0.3, 0.4) is 0 Å². The predicted molar refractivity (Wildman–Crippen MR) is 131 cm³/mol. The zero-order valence-corrected chi connectivity index (χ0v) is 19.7. The molecule has 1 heterocycles. The van der Waals surface area contributed by atoms with Crippen LogP contribution in [0, 0.1) is 24.0 Å². The lowest BCUT2D eigenvalue weighted by Gasteiger charge is -2.23. The summed E-state index contributed by atoms with van der Waals surface area (Å²) in [4.78, 5) is 32.5. The number of nitro benzene ring substituents is 1. The van der Waals surface area contributed by atoms with E-state index in [4.69, 9.17) is 4.98 Å². The number of carbonyl (C=O) groups excluding carboxylic acids is 1. The Morgan fingerprint density at radius 2 is 1.91 bits per heavy atom. The van der Waals surface area contributed by atoms with Gasteiger partial charge >= 0.3 is 0 Å². The van der Waals surface area contributed by atoms with Crippen LogP contribution in [0.25, 0.3) is 16.3 Å². The first kappa shape index (κ1) is 23.6.